The molecular formula is C20H24Cl2HfNOSi. The zero-order chi connectivity index (χ0) is 17.3. The van der Waals surface area contributed by atoms with Crippen molar-refractivity contribution in [1.82, 2.24) is 3.30 Å². The molecular weight excluding hydrogens is 548 g/mol. The number of amides is 1. The molecule has 0 bridgehead atoms. The van der Waals surface area contributed by atoms with Crippen molar-refractivity contribution in [3.8, 4) is 0 Å². The van der Waals surface area contributed by atoms with Crippen LogP contribution in [-0.2, 0) is 20.9 Å². The van der Waals surface area contributed by atoms with Gasteiger partial charge in [-0.15, -0.1) is 0 Å². The average molecular weight is 572 g/mol. The monoisotopic (exact) mass is 572 g/mol. The zero-order valence-electron chi connectivity index (χ0n) is 15.5. The fourth-order valence-electron chi connectivity index (χ4n) is 3.41. The van der Waals surface area contributed by atoms with Crippen molar-refractivity contribution in [3.63, 3.8) is 0 Å². The van der Waals surface area contributed by atoms with E-state index in [-0.39, 0.29) is 30.7 Å². The first-order chi connectivity index (χ1) is 11.5. The van der Waals surface area contributed by atoms with Gasteiger partial charge in [0.1, 0.15) is 0 Å². The number of nitrogens with one attached hydrogen (secondary N) is 1. The molecule has 137 valence electrons. The molecule has 6 heteroatoms. The molecule has 0 aromatic heterocycles. The summed E-state index contributed by atoms with van der Waals surface area (Å²) < 4.78 is 4.06. The predicted octanol–water partition coefficient (Wildman–Crippen LogP) is -1.67. The molecule has 0 heterocycles. The Hall–Kier alpha value is -0.683. The van der Waals surface area contributed by atoms with Crippen molar-refractivity contribution in [3.05, 3.63) is 76.4 Å². The molecule has 2 aromatic rings. The van der Waals surface area contributed by atoms with Gasteiger partial charge in [0.25, 0.3) is 0 Å². The Labute approximate surface area is 177 Å². The number of carbonyl (C=O) groups excluding carboxylic acids is 1. The van der Waals surface area contributed by atoms with E-state index in [1.807, 2.05) is 12.1 Å². The molecule has 1 atom stereocenters. The number of rotatable bonds is 4. The van der Waals surface area contributed by atoms with Crippen molar-refractivity contribution < 1.29 is 50.5 Å². The van der Waals surface area contributed by atoms with E-state index in [0.29, 0.717) is 3.67 Å². The maximum Gasteiger partial charge on any atom is -1.00 e. The molecule has 1 aliphatic carbocycles. The average Bonchev–Trinajstić information content (AvgIpc) is 2.95. The summed E-state index contributed by atoms with van der Waals surface area (Å²) in [7, 11) is 0. The van der Waals surface area contributed by atoms with E-state index in [2.05, 4.69) is 72.7 Å². The molecule has 3 rings (SSSR count). The fraction of sp³-hybridized carbons (Fsp3) is 0.250. The third-order valence-electron chi connectivity index (χ3n) is 4.50. The maximum atomic E-state index is 12.9. The first-order valence-electron chi connectivity index (χ1n) is 8.49. The van der Waals surface area contributed by atoms with Crippen molar-refractivity contribution in [2.45, 2.75) is 30.6 Å². The molecule has 0 radical (unpaired) electrons. The summed E-state index contributed by atoms with van der Waals surface area (Å²) >= 11 is -2.27. The van der Waals surface area contributed by atoms with Crippen LogP contribution in [0.2, 0.25) is 13.1 Å². The number of hydrogen-bond acceptors (Lipinski definition) is 1. The summed E-state index contributed by atoms with van der Waals surface area (Å²) in [5, 5.41) is 0. The Morgan fingerprint density at radius 1 is 1.04 bits per heavy atom. The molecule has 0 aliphatic heterocycles. The predicted molar refractivity (Wildman–Crippen MR) is 100 cm³/mol. The number of benzene rings is 2. The van der Waals surface area contributed by atoms with E-state index < -0.39 is 26.9 Å². The van der Waals surface area contributed by atoms with Crippen molar-refractivity contribution in [2.24, 2.45) is 0 Å². The molecule has 2 nitrogen and oxygen atoms in total. The topological polar surface area (TPSA) is 29.1 Å². The molecule has 26 heavy (non-hydrogen) atoms. The Balaban J connectivity index is 0.00000169. The van der Waals surface area contributed by atoms with Crippen molar-refractivity contribution >= 4 is 18.0 Å². The summed E-state index contributed by atoms with van der Waals surface area (Å²) in [6.07, 6.45) is 4.59. The summed E-state index contributed by atoms with van der Waals surface area (Å²) in [6, 6.07) is 14.8. The minimum Gasteiger partial charge on any atom is -1.00 e. The quantitative estimate of drug-likeness (QED) is 0.437. The molecule has 1 N–H and O–H groups in total. The van der Waals surface area contributed by atoms with E-state index in [1.165, 1.54) is 11.1 Å². The molecule has 0 spiro atoms. The zero-order valence-corrected chi connectivity index (χ0v) is 21.8. The number of hydrogen-bond donors (Lipinski definition) is 1. The van der Waals surface area contributed by atoms with E-state index in [4.69, 9.17) is 0 Å². The van der Waals surface area contributed by atoms with Gasteiger partial charge in [-0.3, -0.25) is 0 Å². The Morgan fingerprint density at radius 3 is 2.27 bits per heavy atom. The maximum absolute atomic E-state index is 12.9. The van der Waals surface area contributed by atoms with Crippen LogP contribution in [0.1, 0.15) is 36.3 Å². The van der Waals surface area contributed by atoms with Crippen LogP contribution in [0.4, 0.5) is 0 Å². The molecule has 1 unspecified atom stereocenters. The number of halogens is 2. The Kier molecular flexibility index (Phi) is 9.00. The third-order valence-corrected chi connectivity index (χ3v) is 29.3. The van der Waals surface area contributed by atoms with E-state index in [9.17, 15) is 4.79 Å². The van der Waals surface area contributed by atoms with Gasteiger partial charge in [0.15, 0.2) is 0 Å². The summed E-state index contributed by atoms with van der Waals surface area (Å²) in [5.74, 6) is -0.730. The number of allylic oxidation sites excluding steroid dienone is 1. The second-order valence-corrected chi connectivity index (χ2v) is 33.2. The standard InChI is InChI=1S/C9H11NO.C9H7.C2H7Si.2ClH.Hf/c1-6-3-7(2)5-8(4-6)9(10)11;1-2-5-9-7-3-6-8(9)4-1;1-3-2;;;/h3-5H,1-2H3,(H2,10,11);1-7H;3H,1-2H3;2*1H;/q;;;;;+3/p-3. The van der Waals surface area contributed by atoms with Crippen LogP contribution >= 0.6 is 0 Å². The molecule has 0 fully saturated rings. The van der Waals surface area contributed by atoms with Crippen LogP contribution in [0.15, 0.2) is 48.5 Å². The van der Waals surface area contributed by atoms with E-state index >= 15 is 0 Å². The first-order valence-corrected chi connectivity index (χ1v) is 21.5. The van der Waals surface area contributed by atoms with Gasteiger partial charge in [0.2, 0.25) is 0 Å². The summed E-state index contributed by atoms with van der Waals surface area (Å²) in [5.41, 5.74) is 5.89. The number of aryl methyl sites for hydroxylation is 2. The van der Waals surface area contributed by atoms with Gasteiger partial charge >= 0.3 is 154 Å². The number of carbonyl (C=O) groups is 1. The summed E-state index contributed by atoms with van der Waals surface area (Å²) in [4.78, 5) is 12.9. The van der Waals surface area contributed by atoms with Crippen LogP contribution in [0.5, 0.6) is 0 Å². The van der Waals surface area contributed by atoms with E-state index in [1.54, 1.807) is 0 Å². The molecule has 1 aliphatic rings. The van der Waals surface area contributed by atoms with Crippen LogP contribution in [0.25, 0.3) is 6.08 Å². The van der Waals surface area contributed by atoms with Gasteiger partial charge in [-0.2, -0.15) is 0 Å². The van der Waals surface area contributed by atoms with Crippen LogP contribution in [0.3, 0.4) is 0 Å². The van der Waals surface area contributed by atoms with Crippen LogP contribution in [0, 0.1) is 13.8 Å². The number of fused-ring (bicyclic) bond motifs is 1. The van der Waals surface area contributed by atoms with Gasteiger partial charge < -0.3 is 24.8 Å². The van der Waals surface area contributed by atoms with Gasteiger partial charge in [-0.25, -0.2) is 0 Å². The minimum absolute atomic E-state index is 0. The van der Waals surface area contributed by atoms with Crippen molar-refractivity contribution in [2.75, 3.05) is 0 Å². The Bertz CT molecular complexity index is 790. The first kappa shape index (κ1) is 23.4. The second kappa shape index (κ2) is 10.0. The van der Waals surface area contributed by atoms with Gasteiger partial charge in [-0.1, -0.05) is 0 Å². The van der Waals surface area contributed by atoms with E-state index in [0.717, 1.165) is 16.7 Å². The molecule has 1 amide bonds. The fourth-order valence-corrected chi connectivity index (χ4v) is 24.0. The summed E-state index contributed by atoms with van der Waals surface area (Å²) in [6.45, 7) is 8.91. The molecule has 0 saturated carbocycles. The SMILES string of the molecule is Cc1cc(C)cc(C(=O)[NH][Hf+2]([CH]2C=Cc3ccccc32)[SiH](C)C)c1.[Cl-].[Cl-]. The van der Waals surface area contributed by atoms with Crippen molar-refractivity contribution in [1.29, 1.82) is 0 Å². The second-order valence-electron chi connectivity index (χ2n) is 6.91. The van der Waals surface area contributed by atoms with Gasteiger partial charge in [0, 0.05) is 0 Å². The largest absolute Gasteiger partial charge is 1.00 e. The minimum atomic E-state index is -2.27. The normalized spacial score (nSPS) is 14.3. The molecule has 2 aromatic carbocycles. The van der Waals surface area contributed by atoms with Crippen LogP contribution in [-0.4, -0.2) is 11.9 Å². The Morgan fingerprint density at radius 2 is 1.65 bits per heavy atom. The van der Waals surface area contributed by atoms with Gasteiger partial charge in [0.05, 0.1) is 0 Å². The third kappa shape index (κ3) is 5.19. The van der Waals surface area contributed by atoms with Crippen LogP contribution < -0.4 is 28.1 Å². The molecule has 0 saturated heterocycles. The van der Waals surface area contributed by atoms with Gasteiger partial charge in [-0.05, 0) is 0 Å². The smallest absolute Gasteiger partial charge is 1.00 e.